The lowest BCUT2D eigenvalue weighted by Crippen LogP contribution is -2.10. The molecule has 18 heavy (non-hydrogen) atoms. The molecule has 0 aliphatic rings. The van der Waals surface area contributed by atoms with E-state index in [4.69, 9.17) is 0 Å². The van der Waals surface area contributed by atoms with Gasteiger partial charge in [-0.15, -0.1) is 0 Å². The smallest absolute Gasteiger partial charge is 0.0414 e. The van der Waals surface area contributed by atoms with Gasteiger partial charge in [-0.25, -0.2) is 0 Å². The van der Waals surface area contributed by atoms with Gasteiger partial charge in [0.05, 0.1) is 0 Å². The highest BCUT2D eigenvalue weighted by Gasteiger charge is 2.14. The molecule has 0 heteroatoms. The van der Waals surface area contributed by atoms with E-state index >= 15 is 0 Å². The zero-order chi connectivity index (χ0) is 14.0. The van der Waals surface area contributed by atoms with Crippen LogP contribution in [0.1, 0.15) is 92.9 Å². The van der Waals surface area contributed by atoms with Crippen LogP contribution in [0.4, 0.5) is 0 Å². The summed E-state index contributed by atoms with van der Waals surface area (Å²) >= 11 is 0. The molecule has 0 aliphatic heterocycles. The van der Waals surface area contributed by atoms with Crippen molar-refractivity contribution in [3.63, 3.8) is 0 Å². The molecule has 3 unspecified atom stereocenters. The molecule has 0 saturated carbocycles. The van der Waals surface area contributed by atoms with Gasteiger partial charge in [-0.05, 0) is 36.5 Å². The first-order valence-corrected chi connectivity index (χ1v) is 8.53. The Labute approximate surface area is 117 Å². The zero-order valence-electron chi connectivity index (χ0n) is 14.0. The van der Waals surface area contributed by atoms with Crippen molar-refractivity contribution in [1.82, 2.24) is 0 Å². The standard InChI is InChI=1S/C18H38/c1-7-10-17(8-2)11-12-18(9-3)14-16(6)13-15(4)5/h15-18H,7-14H2,1-6H3. The topological polar surface area (TPSA) is 0 Å². The molecule has 0 spiro atoms. The van der Waals surface area contributed by atoms with Crippen molar-refractivity contribution < 1.29 is 0 Å². The van der Waals surface area contributed by atoms with E-state index in [2.05, 4.69) is 41.5 Å². The van der Waals surface area contributed by atoms with E-state index < -0.39 is 0 Å². The molecule has 0 amide bonds. The summed E-state index contributed by atoms with van der Waals surface area (Å²) in [5.74, 6) is 3.75. The fourth-order valence-electron chi connectivity index (χ4n) is 3.39. The van der Waals surface area contributed by atoms with Crippen LogP contribution in [0.15, 0.2) is 0 Å². The molecule has 0 nitrogen and oxygen atoms in total. The summed E-state index contributed by atoms with van der Waals surface area (Å²) in [5.41, 5.74) is 0. The maximum Gasteiger partial charge on any atom is -0.0414 e. The Morgan fingerprint density at radius 2 is 1.22 bits per heavy atom. The Morgan fingerprint density at radius 3 is 1.67 bits per heavy atom. The van der Waals surface area contributed by atoms with E-state index in [-0.39, 0.29) is 0 Å². The van der Waals surface area contributed by atoms with Gasteiger partial charge in [0.1, 0.15) is 0 Å². The highest BCUT2D eigenvalue weighted by molar-refractivity contribution is 4.67. The molecule has 0 aromatic heterocycles. The third-order valence-corrected chi connectivity index (χ3v) is 4.44. The Morgan fingerprint density at radius 1 is 0.667 bits per heavy atom. The highest BCUT2D eigenvalue weighted by Crippen LogP contribution is 2.28. The molecular formula is C18H38. The monoisotopic (exact) mass is 254 g/mol. The van der Waals surface area contributed by atoms with Crippen LogP contribution in [-0.4, -0.2) is 0 Å². The van der Waals surface area contributed by atoms with Gasteiger partial charge < -0.3 is 0 Å². The van der Waals surface area contributed by atoms with Gasteiger partial charge in [0, 0.05) is 0 Å². The van der Waals surface area contributed by atoms with Crippen LogP contribution in [0.2, 0.25) is 0 Å². The molecule has 0 aliphatic carbocycles. The second kappa shape index (κ2) is 10.9. The molecule has 0 fully saturated rings. The van der Waals surface area contributed by atoms with Crippen molar-refractivity contribution in [2.75, 3.05) is 0 Å². The number of hydrogen-bond donors (Lipinski definition) is 0. The molecule has 0 aromatic rings. The van der Waals surface area contributed by atoms with Gasteiger partial charge in [-0.1, -0.05) is 80.1 Å². The molecule has 0 heterocycles. The fraction of sp³-hybridized carbons (Fsp3) is 1.00. The van der Waals surface area contributed by atoms with E-state index in [9.17, 15) is 0 Å². The summed E-state index contributed by atoms with van der Waals surface area (Å²) in [7, 11) is 0. The summed E-state index contributed by atoms with van der Waals surface area (Å²) in [6.45, 7) is 14.2. The molecule has 3 atom stereocenters. The summed E-state index contributed by atoms with van der Waals surface area (Å²) < 4.78 is 0. The second-order valence-electron chi connectivity index (χ2n) is 6.88. The normalized spacial score (nSPS) is 16.8. The molecule has 0 rings (SSSR count). The van der Waals surface area contributed by atoms with E-state index in [0.717, 1.165) is 23.7 Å². The molecular weight excluding hydrogens is 216 g/mol. The Balaban J connectivity index is 3.94. The van der Waals surface area contributed by atoms with Crippen molar-refractivity contribution in [2.45, 2.75) is 92.9 Å². The van der Waals surface area contributed by atoms with Crippen LogP contribution in [0.25, 0.3) is 0 Å². The summed E-state index contributed by atoms with van der Waals surface area (Å²) in [4.78, 5) is 0. The molecule has 0 radical (unpaired) electrons. The Bertz CT molecular complexity index is 171. The predicted molar refractivity (Wildman–Crippen MR) is 84.9 cm³/mol. The third kappa shape index (κ3) is 9.00. The molecule has 0 aromatic carbocycles. The van der Waals surface area contributed by atoms with Crippen molar-refractivity contribution in [1.29, 1.82) is 0 Å². The van der Waals surface area contributed by atoms with E-state index in [1.54, 1.807) is 0 Å². The van der Waals surface area contributed by atoms with Gasteiger partial charge in [-0.3, -0.25) is 0 Å². The van der Waals surface area contributed by atoms with Gasteiger partial charge in [0.15, 0.2) is 0 Å². The van der Waals surface area contributed by atoms with Crippen LogP contribution >= 0.6 is 0 Å². The van der Waals surface area contributed by atoms with Crippen molar-refractivity contribution in [3.8, 4) is 0 Å². The van der Waals surface area contributed by atoms with Crippen LogP contribution < -0.4 is 0 Å². The molecule has 0 saturated heterocycles. The minimum atomic E-state index is 0.862. The van der Waals surface area contributed by atoms with Crippen LogP contribution in [0.5, 0.6) is 0 Å². The lowest BCUT2D eigenvalue weighted by Gasteiger charge is -2.23. The lowest BCUT2D eigenvalue weighted by atomic mass is 9.83. The SMILES string of the molecule is CCCC(CC)CCC(CC)CC(C)CC(C)C. The fourth-order valence-corrected chi connectivity index (χ4v) is 3.39. The Hall–Kier alpha value is 0. The average Bonchev–Trinajstić information content (AvgIpc) is 2.31. The quantitative estimate of drug-likeness (QED) is 0.385. The van der Waals surface area contributed by atoms with Gasteiger partial charge >= 0.3 is 0 Å². The first kappa shape index (κ1) is 18.0. The molecule has 110 valence electrons. The highest BCUT2D eigenvalue weighted by atomic mass is 14.2. The van der Waals surface area contributed by atoms with Gasteiger partial charge in [0.25, 0.3) is 0 Å². The first-order valence-electron chi connectivity index (χ1n) is 8.53. The lowest BCUT2D eigenvalue weighted by molar-refractivity contribution is 0.292. The van der Waals surface area contributed by atoms with Crippen molar-refractivity contribution >= 4 is 0 Å². The maximum atomic E-state index is 2.45. The molecule has 0 bridgehead atoms. The van der Waals surface area contributed by atoms with Gasteiger partial charge in [-0.2, -0.15) is 0 Å². The molecule has 0 N–H and O–H groups in total. The van der Waals surface area contributed by atoms with E-state index in [0.29, 0.717) is 0 Å². The average molecular weight is 255 g/mol. The van der Waals surface area contributed by atoms with Crippen molar-refractivity contribution in [2.24, 2.45) is 23.7 Å². The maximum absolute atomic E-state index is 2.45. The first-order chi connectivity index (χ1) is 8.53. The van der Waals surface area contributed by atoms with E-state index in [1.165, 1.54) is 51.4 Å². The Kier molecular flexibility index (Phi) is 10.9. The summed E-state index contributed by atoms with van der Waals surface area (Å²) in [6.07, 6.45) is 11.4. The largest absolute Gasteiger partial charge is 0.0654 e. The zero-order valence-corrected chi connectivity index (χ0v) is 14.0. The summed E-state index contributed by atoms with van der Waals surface area (Å²) in [5, 5.41) is 0. The minimum absolute atomic E-state index is 0.862. The summed E-state index contributed by atoms with van der Waals surface area (Å²) in [6, 6.07) is 0. The third-order valence-electron chi connectivity index (χ3n) is 4.44. The van der Waals surface area contributed by atoms with Crippen LogP contribution in [0, 0.1) is 23.7 Å². The van der Waals surface area contributed by atoms with Crippen molar-refractivity contribution in [3.05, 3.63) is 0 Å². The van der Waals surface area contributed by atoms with Crippen LogP contribution in [-0.2, 0) is 0 Å². The van der Waals surface area contributed by atoms with Gasteiger partial charge in [0.2, 0.25) is 0 Å². The minimum Gasteiger partial charge on any atom is -0.0654 e. The second-order valence-corrected chi connectivity index (χ2v) is 6.88. The van der Waals surface area contributed by atoms with Crippen LogP contribution in [0.3, 0.4) is 0 Å². The van der Waals surface area contributed by atoms with E-state index in [1.807, 2.05) is 0 Å². The number of hydrogen-bond acceptors (Lipinski definition) is 0. The predicted octanol–water partition coefficient (Wildman–Crippen LogP) is 6.69. The number of rotatable bonds is 11.